The molecule has 0 aromatic heterocycles. The molecule has 1 aromatic carbocycles. The highest BCUT2D eigenvalue weighted by Gasteiger charge is 2.08. The van der Waals surface area contributed by atoms with E-state index in [0.29, 0.717) is 18.8 Å². The molecule has 0 saturated carbocycles. The zero-order valence-corrected chi connectivity index (χ0v) is 11.2. The van der Waals surface area contributed by atoms with Crippen LogP contribution in [0.15, 0.2) is 48.2 Å². The fraction of sp³-hybridized carbons (Fsp3) is 0.312. The number of benzene rings is 1. The largest absolute Gasteiger partial charge is 0.377 e. The van der Waals surface area contributed by atoms with Crippen LogP contribution >= 0.6 is 0 Å². The predicted molar refractivity (Wildman–Crippen MR) is 77.8 cm³/mol. The highest BCUT2D eigenvalue weighted by molar-refractivity contribution is 5.95. The van der Waals surface area contributed by atoms with E-state index in [1.54, 1.807) is 0 Å². The molecule has 0 fully saturated rings. The minimum absolute atomic E-state index is 0. The first-order valence-corrected chi connectivity index (χ1v) is 6.64. The van der Waals surface area contributed by atoms with Gasteiger partial charge in [0.2, 0.25) is 0 Å². The molecule has 0 aliphatic heterocycles. The van der Waals surface area contributed by atoms with Crippen LogP contribution in [-0.2, 0) is 11.3 Å². The topological polar surface area (TPSA) is 38.3 Å². The van der Waals surface area contributed by atoms with E-state index in [4.69, 9.17) is 4.74 Å². The Hall–Kier alpha value is -1.87. The molecule has 0 radical (unpaired) electrons. The third-order valence-electron chi connectivity index (χ3n) is 2.91. The summed E-state index contributed by atoms with van der Waals surface area (Å²) in [4.78, 5) is 12.1. The molecule has 3 heteroatoms. The monoisotopic (exact) mass is 259 g/mol. The summed E-state index contributed by atoms with van der Waals surface area (Å²) in [6, 6.07) is 7.54. The molecule has 0 saturated heterocycles. The molecular formula is C16H21NO2. The standard InChI is InChI=1S/C16H19NO2.H2/c1-2-19-12-13-7-6-8-14(11-13)16(18)17-15-9-4-3-5-10-15;/h4,6-11H,2-3,5,12H2,1H3,(H,17,18);1H. The van der Waals surface area contributed by atoms with Crippen LogP contribution in [0.3, 0.4) is 0 Å². The van der Waals surface area contributed by atoms with Gasteiger partial charge in [-0.15, -0.1) is 0 Å². The van der Waals surface area contributed by atoms with Gasteiger partial charge in [0, 0.05) is 19.3 Å². The van der Waals surface area contributed by atoms with Gasteiger partial charge in [-0.25, -0.2) is 0 Å². The molecular weight excluding hydrogens is 238 g/mol. The predicted octanol–water partition coefficient (Wildman–Crippen LogP) is 3.43. The first kappa shape index (κ1) is 13.6. The quantitative estimate of drug-likeness (QED) is 0.879. The van der Waals surface area contributed by atoms with E-state index in [9.17, 15) is 4.79 Å². The molecule has 1 aromatic rings. The maximum atomic E-state index is 12.1. The number of nitrogens with one attached hydrogen (secondary N) is 1. The number of allylic oxidation sites excluding steroid dienone is 3. The van der Waals surface area contributed by atoms with Crippen molar-refractivity contribution in [3.05, 3.63) is 59.3 Å². The molecule has 1 amide bonds. The zero-order valence-electron chi connectivity index (χ0n) is 11.2. The molecule has 0 bridgehead atoms. The van der Waals surface area contributed by atoms with E-state index in [0.717, 1.165) is 24.1 Å². The van der Waals surface area contributed by atoms with Crippen molar-refractivity contribution >= 4 is 5.91 Å². The SMILES string of the molecule is CCOCc1cccc(C(=O)NC2=CCCC=C2)c1.[HH]. The van der Waals surface area contributed by atoms with Crippen molar-refractivity contribution in [3.63, 3.8) is 0 Å². The van der Waals surface area contributed by atoms with Crippen molar-refractivity contribution in [1.29, 1.82) is 0 Å². The Morgan fingerprint density at radius 2 is 2.32 bits per heavy atom. The lowest BCUT2D eigenvalue weighted by Crippen LogP contribution is -2.22. The van der Waals surface area contributed by atoms with Gasteiger partial charge in [0.25, 0.3) is 5.91 Å². The fourth-order valence-electron chi connectivity index (χ4n) is 1.93. The molecule has 19 heavy (non-hydrogen) atoms. The summed E-state index contributed by atoms with van der Waals surface area (Å²) in [5, 5.41) is 2.91. The van der Waals surface area contributed by atoms with Crippen molar-refractivity contribution in [2.24, 2.45) is 0 Å². The number of hydrogen-bond acceptors (Lipinski definition) is 2. The maximum absolute atomic E-state index is 12.1. The number of ether oxygens (including phenoxy) is 1. The average Bonchev–Trinajstić information content (AvgIpc) is 2.46. The van der Waals surface area contributed by atoms with E-state index in [2.05, 4.69) is 11.4 Å². The Bertz CT molecular complexity index is 509. The Kier molecular flexibility index (Phi) is 4.93. The molecule has 0 spiro atoms. The molecule has 1 aliphatic rings. The lowest BCUT2D eigenvalue weighted by molar-refractivity contribution is 0.0966. The molecule has 3 nitrogen and oxygen atoms in total. The minimum Gasteiger partial charge on any atom is -0.377 e. The van der Waals surface area contributed by atoms with Gasteiger partial charge in [-0.2, -0.15) is 0 Å². The lowest BCUT2D eigenvalue weighted by atomic mass is 10.1. The van der Waals surface area contributed by atoms with E-state index >= 15 is 0 Å². The molecule has 1 N–H and O–H groups in total. The molecule has 0 atom stereocenters. The van der Waals surface area contributed by atoms with Gasteiger partial charge in [0.05, 0.1) is 6.61 Å². The van der Waals surface area contributed by atoms with Crippen LogP contribution < -0.4 is 5.32 Å². The normalized spacial score (nSPS) is 14.1. The molecule has 102 valence electrons. The third-order valence-corrected chi connectivity index (χ3v) is 2.91. The summed E-state index contributed by atoms with van der Waals surface area (Å²) >= 11 is 0. The second-order valence-electron chi connectivity index (χ2n) is 4.43. The molecule has 2 rings (SSSR count). The van der Waals surface area contributed by atoms with Crippen molar-refractivity contribution < 1.29 is 11.0 Å². The van der Waals surface area contributed by atoms with Crippen molar-refractivity contribution in [2.45, 2.75) is 26.4 Å². The van der Waals surface area contributed by atoms with Gasteiger partial charge in [0.1, 0.15) is 0 Å². The Morgan fingerprint density at radius 1 is 1.42 bits per heavy atom. The molecule has 0 unspecified atom stereocenters. The summed E-state index contributed by atoms with van der Waals surface area (Å²) in [6.07, 6.45) is 8.09. The van der Waals surface area contributed by atoms with Crippen LogP contribution in [0.4, 0.5) is 0 Å². The van der Waals surface area contributed by atoms with E-state index < -0.39 is 0 Å². The van der Waals surface area contributed by atoms with Gasteiger partial charge >= 0.3 is 0 Å². The highest BCUT2D eigenvalue weighted by Crippen LogP contribution is 2.10. The smallest absolute Gasteiger partial charge is 0.255 e. The lowest BCUT2D eigenvalue weighted by Gasteiger charge is -2.10. The van der Waals surface area contributed by atoms with Gasteiger partial charge < -0.3 is 10.1 Å². The van der Waals surface area contributed by atoms with Crippen LogP contribution in [-0.4, -0.2) is 12.5 Å². The van der Waals surface area contributed by atoms with E-state index in [1.165, 1.54) is 0 Å². The number of carbonyl (C=O) groups is 1. The number of hydrogen-bond donors (Lipinski definition) is 1. The van der Waals surface area contributed by atoms with Gasteiger partial charge in [0.15, 0.2) is 0 Å². The maximum Gasteiger partial charge on any atom is 0.255 e. The Labute approximate surface area is 115 Å². The average molecular weight is 259 g/mol. The van der Waals surface area contributed by atoms with Gasteiger partial charge in [-0.1, -0.05) is 24.3 Å². The summed E-state index contributed by atoms with van der Waals surface area (Å²) in [5.41, 5.74) is 2.56. The Balaban J connectivity index is 0.00000200. The summed E-state index contributed by atoms with van der Waals surface area (Å²) in [7, 11) is 0. The van der Waals surface area contributed by atoms with Crippen LogP contribution in [0.2, 0.25) is 0 Å². The second-order valence-corrected chi connectivity index (χ2v) is 4.43. The first-order chi connectivity index (χ1) is 9.29. The van der Waals surface area contributed by atoms with Gasteiger partial charge in [-0.05, 0) is 43.5 Å². The van der Waals surface area contributed by atoms with E-state index in [1.807, 2.05) is 43.3 Å². The van der Waals surface area contributed by atoms with E-state index in [-0.39, 0.29) is 7.33 Å². The van der Waals surface area contributed by atoms with Crippen molar-refractivity contribution in [2.75, 3.05) is 6.61 Å². The van der Waals surface area contributed by atoms with Crippen LogP contribution in [0.25, 0.3) is 0 Å². The summed E-state index contributed by atoms with van der Waals surface area (Å²) in [5.74, 6) is -0.0730. The molecule has 0 heterocycles. The third kappa shape index (κ3) is 4.07. The first-order valence-electron chi connectivity index (χ1n) is 6.64. The van der Waals surface area contributed by atoms with Crippen LogP contribution in [0, 0.1) is 0 Å². The van der Waals surface area contributed by atoms with Crippen molar-refractivity contribution in [1.82, 2.24) is 5.32 Å². The zero-order chi connectivity index (χ0) is 13.5. The van der Waals surface area contributed by atoms with Crippen LogP contribution in [0.1, 0.15) is 37.1 Å². The molecule has 1 aliphatic carbocycles. The van der Waals surface area contributed by atoms with Gasteiger partial charge in [-0.3, -0.25) is 4.79 Å². The van der Waals surface area contributed by atoms with Crippen molar-refractivity contribution in [3.8, 4) is 0 Å². The number of rotatable bonds is 5. The fourth-order valence-corrected chi connectivity index (χ4v) is 1.93. The summed E-state index contributed by atoms with van der Waals surface area (Å²) < 4.78 is 5.35. The Morgan fingerprint density at radius 3 is 3.05 bits per heavy atom. The number of amides is 1. The van der Waals surface area contributed by atoms with Crippen LogP contribution in [0.5, 0.6) is 0 Å². The highest BCUT2D eigenvalue weighted by atomic mass is 16.5. The second kappa shape index (κ2) is 6.90. The minimum atomic E-state index is -0.0730. The summed E-state index contributed by atoms with van der Waals surface area (Å²) in [6.45, 7) is 3.17. The number of carbonyl (C=O) groups excluding carboxylic acids is 1.